The van der Waals surface area contributed by atoms with E-state index in [4.69, 9.17) is 0 Å². The molecule has 0 atom stereocenters. The molecule has 0 aliphatic carbocycles. The lowest BCUT2D eigenvalue weighted by molar-refractivity contribution is -0.141. The number of rotatable bonds is 1. The first-order valence-electron chi connectivity index (χ1n) is 4.17. The summed E-state index contributed by atoms with van der Waals surface area (Å²) in [6.07, 6.45) is -0.648. The van der Waals surface area contributed by atoms with Gasteiger partial charge in [0.05, 0.1) is 0 Å². The van der Waals surface area contributed by atoms with E-state index < -0.39 is 18.3 Å². The smallest absolute Gasteiger partial charge is 0.303 e. The third kappa shape index (κ3) is 1.97. The molecule has 86 valence electrons. The molecule has 16 heavy (non-hydrogen) atoms. The zero-order chi connectivity index (χ0) is 11.9. The molecule has 8 heteroatoms. The maximum atomic E-state index is 12.2. The van der Waals surface area contributed by atoms with Gasteiger partial charge in [0.15, 0.2) is 0 Å². The Morgan fingerprint density at radius 1 is 1.38 bits per heavy atom. The molecule has 0 radical (unpaired) electrons. The van der Waals surface area contributed by atoms with Crippen LogP contribution in [0, 0.1) is 0 Å². The number of hydrogen-bond donors (Lipinski definition) is 0. The molecule has 2 aromatic heterocycles. The van der Waals surface area contributed by atoms with Gasteiger partial charge >= 0.3 is 6.18 Å². The van der Waals surface area contributed by atoms with Crippen LogP contribution in [-0.2, 0) is 6.54 Å². The van der Waals surface area contributed by atoms with E-state index in [1.54, 1.807) is 0 Å². The Labute approximate surface area is 95.5 Å². The van der Waals surface area contributed by atoms with Gasteiger partial charge in [-0.25, -0.2) is 4.98 Å². The summed E-state index contributed by atoms with van der Waals surface area (Å²) in [6.45, 7) is -1.31. The van der Waals surface area contributed by atoms with Crippen LogP contribution in [0.15, 0.2) is 28.1 Å². The second-order valence-electron chi connectivity index (χ2n) is 3.14. The van der Waals surface area contributed by atoms with Crippen molar-refractivity contribution in [1.82, 2.24) is 14.0 Å². The normalized spacial score (nSPS) is 12.2. The van der Waals surface area contributed by atoms with E-state index >= 15 is 0 Å². The average Bonchev–Trinajstić information content (AvgIpc) is 2.51. The first kappa shape index (κ1) is 11.2. The lowest BCUT2D eigenvalue weighted by atomic mass is 10.5. The highest BCUT2D eigenvalue weighted by Crippen LogP contribution is 2.17. The molecule has 0 unspecified atom stereocenters. The molecule has 0 spiro atoms. The van der Waals surface area contributed by atoms with Crippen molar-refractivity contribution in [3.05, 3.63) is 33.7 Å². The standard InChI is InChI=1S/C8H5BrF3N3O/c9-6-5-7(16)14(3-8(10,11)12)1-2-15(5)4-13-6/h1-2,4H,3H2. The molecule has 2 aromatic rings. The molecule has 2 heterocycles. The van der Waals surface area contributed by atoms with Crippen LogP contribution in [0.4, 0.5) is 13.2 Å². The van der Waals surface area contributed by atoms with Crippen LogP contribution >= 0.6 is 15.9 Å². The number of alkyl halides is 3. The van der Waals surface area contributed by atoms with Crippen LogP contribution in [0.2, 0.25) is 0 Å². The summed E-state index contributed by atoms with van der Waals surface area (Å²) in [5.41, 5.74) is -0.643. The van der Waals surface area contributed by atoms with Crippen LogP contribution < -0.4 is 5.56 Å². The number of hydrogen-bond acceptors (Lipinski definition) is 2. The maximum Gasteiger partial charge on any atom is 0.406 e. The van der Waals surface area contributed by atoms with Crippen molar-refractivity contribution >= 4 is 21.4 Å². The fourth-order valence-corrected chi connectivity index (χ4v) is 1.79. The van der Waals surface area contributed by atoms with Crippen molar-refractivity contribution in [2.24, 2.45) is 0 Å². The SMILES string of the molecule is O=c1c2c(Br)ncn2ccn1CC(F)(F)F. The lowest BCUT2D eigenvalue weighted by Gasteiger charge is -2.09. The van der Waals surface area contributed by atoms with E-state index in [-0.39, 0.29) is 10.1 Å². The van der Waals surface area contributed by atoms with Crippen molar-refractivity contribution in [3.8, 4) is 0 Å². The molecule has 2 rings (SSSR count). The van der Waals surface area contributed by atoms with Gasteiger partial charge in [-0.3, -0.25) is 9.20 Å². The summed E-state index contributed by atoms with van der Waals surface area (Å²) in [7, 11) is 0. The molecule has 4 nitrogen and oxygen atoms in total. The molecule has 0 saturated carbocycles. The first-order chi connectivity index (χ1) is 7.38. The van der Waals surface area contributed by atoms with E-state index in [1.165, 1.54) is 16.9 Å². The monoisotopic (exact) mass is 295 g/mol. The minimum atomic E-state index is -4.42. The third-order valence-corrected chi connectivity index (χ3v) is 2.55. The van der Waals surface area contributed by atoms with Crippen LogP contribution in [-0.4, -0.2) is 20.1 Å². The topological polar surface area (TPSA) is 39.3 Å². The van der Waals surface area contributed by atoms with E-state index in [0.717, 1.165) is 6.20 Å². The molecule has 0 bridgehead atoms. The van der Waals surface area contributed by atoms with Crippen molar-refractivity contribution < 1.29 is 13.2 Å². The van der Waals surface area contributed by atoms with Gasteiger partial charge in [0.25, 0.3) is 5.56 Å². The number of fused-ring (bicyclic) bond motifs is 1. The van der Waals surface area contributed by atoms with Gasteiger partial charge in [-0.2, -0.15) is 13.2 Å². The fourth-order valence-electron chi connectivity index (χ4n) is 1.32. The van der Waals surface area contributed by atoms with Gasteiger partial charge < -0.3 is 4.57 Å². The summed E-state index contributed by atoms with van der Waals surface area (Å²) >= 11 is 3.00. The van der Waals surface area contributed by atoms with E-state index in [2.05, 4.69) is 20.9 Å². The first-order valence-corrected chi connectivity index (χ1v) is 4.96. The molecule has 0 aromatic carbocycles. The van der Waals surface area contributed by atoms with Crippen LogP contribution in [0.1, 0.15) is 0 Å². The summed E-state index contributed by atoms with van der Waals surface area (Å²) < 4.78 is 38.7. The van der Waals surface area contributed by atoms with Gasteiger partial charge in [0.2, 0.25) is 0 Å². The summed E-state index contributed by atoms with van der Waals surface area (Å²) in [4.78, 5) is 15.4. The Balaban J connectivity index is 2.61. The molecular weight excluding hydrogens is 291 g/mol. The Hall–Kier alpha value is -1.31. The van der Waals surface area contributed by atoms with Gasteiger partial charge in [0, 0.05) is 12.4 Å². The van der Waals surface area contributed by atoms with E-state index in [1.807, 2.05) is 0 Å². The van der Waals surface area contributed by atoms with E-state index in [9.17, 15) is 18.0 Å². The molecule has 0 saturated heterocycles. The summed E-state index contributed by atoms with van der Waals surface area (Å²) in [5, 5.41) is 0. The minimum absolute atomic E-state index is 0.0896. The second kappa shape index (κ2) is 3.62. The Morgan fingerprint density at radius 2 is 2.06 bits per heavy atom. The predicted molar refractivity (Wildman–Crippen MR) is 53.2 cm³/mol. The van der Waals surface area contributed by atoms with Gasteiger partial charge in [-0.15, -0.1) is 0 Å². The highest BCUT2D eigenvalue weighted by atomic mass is 79.9. The second-order valence-corrected chi connectivity index (χ2v) is 3.89. The average molecular weight is 296 g/mol. The number of halogens is 4. The molecule has 0 amide bonds. The van der Waals surface area contributed by atoms with Crippen LogP contribution in [0.5, 0.6) is 0 Å². The fraction of sp³-hybridized carbons (Fsp3) is 0.250. The zero-order valence-electron chi connectivity index (χ0n) is 7.70. The van der Waals surface area contributed by atoms with Crippen molar-refractivity contribution in [2.75, 3.05) is 0 Å². The molecule has 0 N–H and O–H groups in total. The zero-order valence-corrected chi connectivity index (χ0v) is 9.29. The van der Waals surface area contributed by atoms with Crippen molar-refractivity contribution in [2.45, 2.75) is 12.7 Å². The van der Waals surface area contributed by atoms with E-state index in [0.29, 0.717) is 4.57 Å². The lowest BCUT2D eigenvalue weighted by Crippen LogP contribution is -2.28. The maximum absolute atomic E-state index is 12.2. The number of nitrogens with zero attached hydrogens (tertiary/aromatic N) is 3. The van der Waals surface area contributed by atoms with Crippen LogP contribution in [0.3, 0.4) is 0 Å². The van der Waals surface area contributed by atoms with Crippen molar-refractivity contribution in [1.29, 1.82) is 0 Å². The van der Waals surface area contributed by atoms with Crippen molar-refractivity contribution in [3.63, 3.8) is 0 Å². The van der Waals surface area contributed by atoms with Gasteiger partial charge in [-0.1, -0.05) is 0 Å². The van der Waals surface area contributed by atoms with Gasteiger partial charge in [-0.05, 0) is 15.9 Å². The third-order valence-electron chi connectivity index (χ3n) is 1.97. The quantitative estimate of drug-likeness (QED) is 0.805. The largest absolute Gasteiger partial charge is 0.406 e. The molecule has 0 aliphatic heterocycles. The summed E-state index contributed by atoms with van der Waals surface area (Å²) in [6, 6.07) is 0. The Kier molecular flexibility index (Phi) is 2.53. The van der Waals surface area contributed by atoms with Crippen LogP contribution in [0.25, 0.3) is 5.52 Å². The molecule has 0 fully saturated rings. The van der Waals surface area contributed by atoms with Gasteiger partial charge in [0.1, 0.15) is 23.0 Å². The number of aromatic nitrogens is 3. The Morgan fingerprint density at radius 3 is 2.69 bits per heavy atom. The Bertz CT molecular complexity index is 586. The minimum Gasteiger partial charge on any atom is -0.303 e. The molecule has 0 aliphatic rings. The number of imidazole rings is 1. The highest BCUT2D eigenvalue weighted by molar-refractivity contribution is 9.10. The highest BCUT2D eigenvalue weighted by Gasteiger charge is 2.28. The molecular formula is C8H5BrF3N3O. The predicted octanol–water partition coefficient (Wildman–Crippen LogP) is 1.82. The summed E-state index contributed by atoms with van der Waals surface area (Å²) in [5.74, 6) is 0.